The molecule has 6 aromatic rings. The second kappa shape index (κ2) is 10.9. The van der Waals surface area contributed by atoms with Crippen LogP contribution in [0.5, 0.6) is 0 Å². The molecule has 0 saturated carbocycles. The van der Waals surface area contributed by atoms with Gasteiger partial charge in [-0.15, -0.1) is 0 Å². The number of nitrogens with zero attached hydrogens (tertiary/aromatic N) is 6. The highest BCUT2D eigenvalue weighted by atomic mass is 79.9. The van der Waals surface area contributed by atoms with E-state index in [0.29, 0.717) is 51.9 Å². The summed E-state index contributed by atoms with van der Waals surface area (Å²) in [5.74, 6) is 0.554. The number of hydrogen-bond donors (Lipinski definition) is 1. The minimum Gasteiger partial charge on any atom is -0.345 e. The Morgan fingerprint density at radius 1 is 1.07 bits per heavy atom. The van der Waals surface area contributed by atoms with Crippen LogP contribution in [0.25, 0.3) is 22.7 Å². The number of aromatic amines is 1. The molecule has 3 aromatic carbocycles. The van der Waals surface area contributed by atoms with Gasteiger partial charge in [-0.05, 0) is 70.4 Å². The highest BCUT2D eigenvalue weighted by molar-refractivity contribution is 9.10. The Morgan fingerprint density at radius 2 is 1.88 bits per heavy atom. The molecule has 0 unspecified atom stereocenters. The summed E-state index contributed by atoms with van der Waals surface area (Å²) in [5, 5.41) is 14.2. The molecule has 1 N–H and O–H groups in total. The summed E-state index contributed by atoms with van der Waals surface area (Å²) in [4.78, 5) is 37.0. The standard InChI is InChI=1S/C33H24BrN7O2/c34-28-11-8-23(17-24(28)18-35)32(42)39-15-12-27-29(20-39)41-31(25(19-38-41)16-21-4-2-1-3-5-21)40(33(27)43)26-9-6-22(7-10-26)30-36-13-14-37-30/h1-11,13-14,17,19H,12,15-16,20H2,(H,36,37). The Balaban J connectivity index is 1.35. The molecule has 0 radical (unpaired) electrons. The molecule has 0 atom stereocenters. The van der Waals surface area contributed by atoms with Gasteiger partial charge >= 0.3 is 0 Å². The lowest BCUT2D eigenvalue weighted by molar-refractivity contribution is 0.0729. The molecule has 9 nitrogen and oxygen atoms in total. The molecule has 210 valence electrons. The molecule has 0 saturated heterocycles. The van der Waals surface area contributed by atoms with Crippen molar-refractivity contribution in [3.05, 3.63) is 140 Å². The number of imidazole rings is 1. The lowest BCUT2D eigenvalue weighted by Gasteiger charge is -2.30. The van der Waals surface area contributed by atoms with Gasteiger partial charge in [0.2, 0.25) is 0 Å². The predicted molar refractivity (Wildman–Crippen MR) is 165 cm³/mol. The van der Waals surface area contributed by atoms with Crippen LogP contribution < -0.4 is 5.56 Å². The van der Waals surface area contributed by atoms with Gasteiger partial charge in [0.1, 0.15) is 17.5 Å². The Labute approximate surface area is 254 Å². The van der Waals surface area contributed by atoms with E-state index in [-0.39, 0.29) is 18.0 Å². The van der Waals surface area contributed by atoms with E-state index in [4.69, 9.17) is 5.10 Å². The predicted octanol–water partition coefficient (Wildman–Crippen LogP) is 5.30. The number of hydrogen-bond acceptors (Lipinski definition) is 5. The molecule has 1 aliphatic heterocycles. The molecule has 0 spiro atoms. The molecule has 10 heteroatoms. The van der Waals surface area contributed by atoms with E-state index < -0.39 is 0 Å². The molecule has 0 bridgehead atoms. The van der Waals surface area contributed by atoms with Gasteiger partial charge in [0.25, 0.3) is 11.5 Å². The van der Waals surface area contributed by atoms with Gasteiger partial charge < -0.3 is 9.88 Å². The number of carbonyl (C=O) groups is 1. The van der Waals surface area contributed by atoms with Crippen LogP contribution in [0.4, 0.5) is 0 Å². The van der Waals surface area contributed by atoms with E-state index in [0.717, 1.165) is 28.2 Å². The number of H-pyrrole nitrogens is 1. The zero-order valence-electron chi connectivity index (χ0n) is 22.9. The fraction of sp³-hybridized carbons (Fsp3) is 0.121. The van der Waals surface area contributed by atoms with E-state index in [2.05, 4.69) is 44.1 Å². The third-order valence-electron chi connectivity index (χ3n) is 7.82. The maximum Gasteiger partial charge on any atom is 0.261 e. The van der Waals surface area contributed by atoms with Crippen LogP contribution in [-0.2, 0) is 19.4 Å². The Hall–Kier alpha value is -5.27. The summed E-state index contributed by atoms with van der Waals surface area (Å²) in [6.45, 7) is 0.600. The van der Waals surface area contributed by atoms with Gasteiger partial charge in [0.15, 0.2) is 0 Å². The Kier molecular flexibility index (Phi) is 6.72. The zero-order chi connectivity index (χ0) is 29.5. The molecular formula is C33H24BrN7O2. The topological polar surface area (TPSA) is 112 Å². The maximum atomic E-state index is 14.3. The summed E-state index contributed by atoms with van der Waals surface area (Å²) < 4.78 is 4.19. The van der Waals surface area contributed by atoms with E-state index in [1.54, 1.807) is 40.1 Å². The first kappa shape index (κ1) is 26.6. The van der Waals surface area contributed by atoms with Crippen molar-refractivity contribution in [3.8, 4) is 23.1 Å². The lowest BCUT2D eigenvalue weighted by atomic mass is 10.0. The Bertz CT molecular complexity index is 2090. The van der Waals surface area contributed by atoms with Crippen molar-refractivity contribution in [2.24, 2.45) is 0 Å². The highest BCUT2D eigenvalue weighted by Gasteiger charge is 2.29. The molecular weight excluding hydrogens is 606 g/mol. The summed E-state index contributed by atoms with van der Waals surface area (Å²) >= 11 is 3.36. The normalized spacial score (nSPS) is 12.7. The number of amides is 1. The third kappa shape index (κ3) is 4.73. The van der Waals surface area contributed by atoms with Crippen LogP contribution in [0, 0.1) is 11.3 Å². The largest absolute Gasteiger partial charge is 0.345 e. The highest BCUT2D eigenvalue weighted by Crippen LogP contribution is 2.27. The minimum absolute atomic E-state index is 0.120. The van der Waals surface area contributed by atoms with Gasteiger partial charge in [-0.1, -0.05) is 30.3 Å². The molecule has 0 fully saturated rings. The van der Waals surface area contributed by atoms with Crippen molar-refractivity contribution < 1.29 is 4.79 Å². The zero-order valence-corrected chi connectivity index (χ0v) is 24.5. The first-order valence-corrected chi connectivity index (χ1v) is 14.6. The number of nitriles is 1. The first-order chi connectivity index (χ1) is 21.0. The number of carbonyl (C=O) groups excluding carboxylic acids is 1. The number of fused-ring (bicyclic) bond motifs is 3. The van der Waals surface area contributed by atoms with Gasteiger partial charge in [0, 0.05) is 52.1 Å². The van der Waals surface area contributed by atoms with Crippen LogP contribution in [0.1, 0.15) is 38.3 Å². The molecule has 0 aliphatic carbocycles. The van der Waals surface area contributed by atoms with Crippen LogP contribution in [0.15, 0.2) is 101 Å². The van der Waals surface area contributed by atoms with Gasteiger partial charge in [-0.25, -0.2) is 9.50 Å². The maximum absolute atomic E-state index is 14.3. The van der Waals surface area contributed by atoms with Crippen LogP contribution in [0.3, 0.4) is 0 Å². The number of benzene rings is 3. The van der Waals surface area contributed by atoms with Crippen LogP contribution >= 0.6 is 15.9 Å². The number of halogens is 1. The molecule has 4 heterocycles. The van der Waals surface area contributed by atoms with E-state index in [1.807, 2.05) is 53.2 Å². The average Bonchev–Trinajstić information content (AvgIpc) is 3.73. The molecule has 7 rings (SSSR count). The smallest absolute Gasteiger partial charge is 0.261 e. The van der Waals surface area contributed by atoms with E-state index in [9.17, 15) is 14.9 Å². The minimum atomic E-state index is -0.197. The second-order valence-corrected chi connectivity index (χ2v) is 11.3. The third-order valence-corrected chi connectivity index (χ3v) is 8.51. The van der Waals surface area contributed by atoms with Crippen molar-refractivity contribution in [1.29, 1.82) is 5.26 Å². The Morgan fingerprint density at radius 3 is 2.63 bits per heavy atom. The van der Waals surface area contributed by atoms with Gasteiger partial charge in [-0.2, -0.15) is 10.4 Å². The van der Waals surface area contributed by atoms with Crippen molar-refractivity contribution >= 4 is 27.5 Å². The molecule has 3 aromatic heterocycles. The lowest BCUT2D eigenvalue weighted by Crippen LogP contribution is -2.41. The first-order valence-electron chi connectivity index (χ1n) is 13.8. The van der Waals surface area contributed by atoms with Crippen molar-refractivity contribution in [2.45, 2.75) is 19.4 Å². The SMILES string of the molecule is N#Cc1cc(C(=O)N2CCc3c(n4ncc(Cc5ccccc5)c4n(-c4ccc(-c5ncc[nH]5)cc4)c3=O)C2)ccc1Br. The molecule has 1 amide bonds. The van der Waals surface area contributed by atoms with E-state index in [1.165, 1.54) is 0 Å². The molecule has 43 heavy (non-hydrogen) atoms. The monoisotopic (exact) mass is 629 g/mol. The summed E-state index contributed by atoms with van der Waals surface area (Å²) in [7, 11) is 0. The van der Waals surface area contributed by atoms with Crippen molar-refractivity contribution in [3.63, 3.8) is 0 Å². The van der Waals surface area contributed by atoms with Crippen molar-refractivity contribution in [1.82, 2.24) is 29.0 Å². The second-order valence-electron chi connectivity index (χ2n) is 10.4. The quantitative estimate of drug-likeness (QED) is 0.278. The van der Waals surface area contributed by atoms with Gasteiger partial charge in [-0.3, -0.25) is 14.2 Å². The van der Waals surface area contributed by atoms with E-state index >= 15 is 0 Å². The number of rotatable bonds is 5. The summed E-state index contributed by atoms with van der Waals surface area (Å²) in [6, 6.07) is 24.9. The fourth-order valence-corrected chi connectivity index (χ4v) is 6.02. The van der Waals surface area contributed by atoms with Crippen LogP contribution in [0.2, 0.25) is 0 Å². The fourth-order valence-electron chi connectivity index (χ4n) is 5.69. The summed E-state index contributed by atoms with van der Waals surface area (Å²) in [6.07, 6.45) is 6.26. The average molecular weight is 631 g/mol. The number of nitrogens with one attached hydrogen (secondary N) is 1. The van der Waals surface area contributed by atoms with Crippen molar-refractivity contribution in [2.75, 3.05) is 6.54 Å². The van der Waals surface area contributed by atoms with Gasteiger partial charge in [0.05, 0.1) is 29.7 Å². The summed E-state index contributed by atoms with van der Waals surface area (Å²) in [5.41, 5.74) is 6.33. The molecule has 1 aliphatic rings. The number of aromatic nitrogens is 5. The van der Waals surface area contributed by atoms with Crippen LogP contribution in [-0.4, -0.2) is 41.5 Å².